The first-order chi connectivity index (χ1) is 12.6. The quantitative estimate of drug-likeness (QED) is 0.753. The van der Waals surface area contributed by atoms with Crippen molar-refractivity contribution in [1.82, 2.24) is 20.2 Å². The van der Waals surface area contributed by atoms with Gasteiger partial charge in [-0.2, -0.15) is 4.98 Å². The van der Waals surface area contributed by atoms with E-state index in [-0.39, 0.29) is 22.9 Å². The molecule has 4 rings (SSSR count). The molecular weight excluding hydrogens is 372 g/mol. The molecule has 1 saturated heterocycles. The maximum atomic E-state index is 12.9. The minimum Gasteiger partial charge on any atom is -0.333 e. The van der Waals surface area contributed by atoms with E-state index in [1.165, 1.54) is 24.2 Å². The summed E-state index contributed by atoms with van der Waals surface area (Å²) in [4.78, 5) is 5.20. The average Bonchev–Trinajstić information content (AvgIpc) is 3.34. The molecule has 2 aliphatic rings. The fourth-order valence-electron chi connectivity index (χ4n) is 3.72. The second kappa shape index (κ2) is 7.75. The molecule has 9 heteroatoms. The van der Waals surface area contributed by atoms with Crippen LogP contribution in [0.3, 0.4) is 0 Å². The maximum absolute atomic E-state index is 12.9. The molecule has 142 valence electrons. The van der Waals surface area contributed by atoms with E-state index in [0.717, 1.165) is 45.1 Å². The number of nitrogens with zero attached hydrogens (tertiary/aromatic N) is 2. The van der Waals surface area contributed by atoms with Crippen molar-refractivity contribution in [2.75, 3.05) is 6.54 Å². The average molecular weight is 397 g/mol. The van der Waals surface area contributed by atoms with Gasteiger partial charge >= 0.3 is 0 Å². The Kier molecular flexibility index (Phi) is 5.40. The first-order valence-electron chi connectivity index (χ1n) is 9.31. The van der Waals surface area contributed by atoms with Gasteiger partial charge in [0.05, 0.1) is 6.04 Å². The van der Waals surface area contributed by atoms with E-state index in [4.69, 9.17) is 4.52 Å². The van der Waals surface area contributed by atoms with Gasteiger partial charge in [0.1, 0.15) is 9.77 Å². The molecule has 0 aromatic carbocycles. The molecule has 1 atom stereocenters. The Morgan fingerprint density at radius 2 is 1.96 bits per heavy atom. The number of sulfonamides is 1. The minimum absolute atomic E-state index is 0.0104. The number of aromatic nitrogens is 2. The lowest BCUT2D eigenvalue weighted by molar-refractivity contribution is 0.412. The molecule has 2 N–H and O–H groups in total. The zero-order chi connectivity index (χ0) is 18.0. The molecule has 26 heavy (non-hydrogen) atoms. The molecule has 1 saturated carbocycles. The second-order valence-corrected chi connectivity index (χ2v) is 9.63. The normalized spacial score (nSPS) is 22.5. The lowest BCUT2D eigenvalue weighted by Gasteiger charge is -2.16. The first kappa shape index (κ1) is 18.1. The highest BCUT2D eigenvalue weighted by Gasteiger charge is 2.28. The summed E-state index contributed by atoms with van der Waals surface area (Å²) in [6, 6.07) is 1.73. The maximum Gasteiger partial charge on any atom is 0.269 e. The molecule has 0 bridgehead atoms. The van der Waals surface area contributed by atoms with Crippen LogP contribution in [0.2, 0.25) is 0 Å². The molecule has 2 aromatic rings. The molecule has 0 radical (unpaired) electrons. The van der Waals surface area contributed by atoms with E-state index in [1.807, 2.05) is 0 Å². The van der Waals surface area contributed by atoms with E-state index < -0.39 is 10.0 Å². The summed E-state index contributed by atoms with van der Waals surface area (Å²) in [5.74, 6) is 0.885. The summed E-state index contributed by atoms with van der Waals surface area (Å²) in [6.07, 6.45) is 8.36. The number of thiophene rings is 1. The monoisotopic (exact) mass is 396 g/mol. The number of hydrogen-bond donors (Lipinski definition) is 2. The SMILES string of the molecule is O=S(=O)(NC1CCCCCC1)c1ccsc1-c1nc(C2CCCN2)no1. The van der Waals surface area contributed by atoms with Gasteiger partial charge in [-0.1, -0.05) is 30.8 Å². The Bertz CT molecular complexity index is 832. The third-order valence-corrected chi connectivity index (χ3v) is 7.70. The summed E-state index contributed by atoms with van der Waals surface area (Å²) < 4.78 is 34.1. The van der Waals surface area contributed by atoms with Crippen LogP contribution >= 0.6 is 11.3 Å². The molecule has 3 heterocycles. The fourth-order valence-corrected chi connectivity index (χ4v) is 6.37. The highest BCUT2D eigenvalue weighted by Crippen LogP contribution is 2.33. The van der Waals surface area contributed by atoms with Gasteiger partial charge < -0.3 is 9.84 Å². The van der Waals surface area contributed by atoms with Crippen molar-refractivity contribution >= 4 is 21.4 Å². The van der Waals surface area contributed by atoms with E-state index in [9.17, 15) is 8.42 Å². The topological polar surface area (TPSA) is 97.1 Å². The van der Waals surface area contributed by atoms with Gasteiger partial charge in [0.15, 0.2) is 5.82 Å². The van der Waals surface area contributed by atoms with Crippen LogP contribution in [0.1, 0.15) is 63.2 Å². The molecule has 0 spiro atoms. The summed E-state index contributed by atoms with van der Waals surface area (Å²) in [5.41, 5.74) is 0. The molecule has 0 amide bonds. The van der Waals surface area contributed by atoms with Crippen LogP contribution in [-0.4, -0.2) is 31.1 Å². The number of nitrogens with one attached hydrogen (secondary N) is 2. The van der Waals surface area contributed by atoms with Crippen LogP contribution in [-0.2, 0) is 10.0 Å². The minimum atomic E-state index is -3.60. The van der Waals surface area contributed by atoms with Crippen LogP contribution < -0.4 is 10.0 Å². The van der Waals surface area contributed by atoms with Crippen molar-refractivity contribution < 1.29 is 12.9 Å². The predicted octanol–water partition coefficient (Wildman–Crippen LogP) is 3.22. The zero-order valence-corrected chi connectivity index (χ0v) is 16.2. The van der Waals surface area contributed by atoms with Gasteiger partial charge in [-0.05, 0) is 43.7 Å². The molecule has 1 aliphatic carbocycles. The summed E-state index contributed by atoms with van der Waals surface area (Å²) in [7, 11) is -3.60. The predicted molar refractivity (Wildman–Crippen MR) is 99.4 cm³/mol. The third-order valence-electron chi connectivity index (χ3n) is 5.10. The van der Waals surface area contributed by atoms with E-state index in [0.29, 0.717) is 10.7 Å². The van der Waals surface area contributed by atoms with Crippen LogP contribution in [0.4, 0.5) is 0 Å². The van der Waals surface area contributed by atoms with E-state index >= 15 is 0 Å². The standard InChI is InChI=1S/C17H24N4O3S2/c22-26(23,21-12-6-3-1-2-4-7-12)14-9-11-25-15(14)17-19-16(20-24-17)13-8-5-10-18-13/h9,11-13,18,21H,1-8,10H2. The van der Waals surface area contributed by atoms with Gasteiger partial charge in [0.25, 0.3) is 5.89 Å². The second-order valence-electron chi connectivity index (χ2n) is 7.03. The van der Waals surface area contributed by atoms with E-state index in [1.54, 1.807) is 11.4 Å². The Morgan fingerprint density at radius 1 is 1.15 bits per heavy atom. The summed E-state index contributed by atoms with van der Waals surface area (Å²) in [6.45, 7) is 0.943. The summed E-state index contributed by atoms with van der Waals surface area (Å²) in [5, 5.41) is 9.13. The van der Waals surface area contributed by atoms with E-state index in [2.05, 4.69) is 20.2 Å². The van der Waals surface area contributed by atoms with Gasteiger partial charge in [-0.15, -0.1) is 11.3 Å². The van der Waals surface area contributed by atoms with Crippen molar-refractivity contribution in [3.8, 4) is 10.8 Å². The van der Waals surface area contributed by atoms with Crippen LogP contribution in [0.25, 0.3) is 10.8 Å². The van der Waals surface area contributed by atoms with Crippen molar-refractivity contribution in [3.05, 3.63) is 17.3 Å². The van der Waals surface area contributed by atoms with Crippen LogP contribution in [0.5, 0.6) is 0 Å². The van der Waals surface area contributed by atoms with Gasteiger partial charge in [-0.3, -0.25) is 0 Å². The first-order valence-corrected chi connectivity index (χ1v) is 11.7. The van der Waals surface area contributed by atoms with Gasteiger partial charge in [0, 0.05) is 6.04 Å². The van der Waals surface area contributed by atoms with Crippen molar-refractivity contribution in [2.24, 2.45) is 0 Å². The Labute approximate surface area is 157 Å². The highest BCUT2D eigenvalue weighted by molar-refractivity contribution is 7.89. The molecule has 1 unspecified atom stereocenters. The Balaban J connectivity index is 1.55. The third kappa shape index (κ3) is 3.85. The summed E-state index contributed by atoms with van der Waals surface area (Å²) >= 11 is 1.32. The lowest BCUT2D eigenvalue weighted by atomic mass is 10.1. The highest BCUT2D eigenvalue weighted by atomic mass is 32.2. The van der Waals surface area contributed by atoms with Crippen LogP contribution in [0, 0.1) is 0 Å². The lowest BCUT2D eigenvalue weighted by Crippen LogP contribution is -2.34. The molecule has 2 fully saturated rings. The molecule has 2 aromatic heterocycles. The number of rotatable bonds is 5. The van der Waals surface area contributed by atoms with Crippen molar-refractivity contribution in [3.63, 3.8) is 0 Å². The fraction of sp³-hybridized carbons (Fsp3) is 0.647. The smallest absolute Gasteiger partial charge is 0.269 e. The molecule has 1 aliphatic heterocycles. The Morgan fingerprint density at radius 3 is 2.69 bits per heavy atom. The largest absolute Gasteiger partial charge is 0.333 e. The number of hydrogen-bond acceptors (Lipinski definition) is 7. The zero-order valence-electron chi connectivity index (χ0n) is 14.6. The van der Waals surface area contributed by atoms with Crippen molar-refractivity contribution in [2.45, 2.75) is 68.3 Å². The Hall–Kier alpha value is -1.29. The van der Waals surface area contributed by atoms with Gasteiger partial charge in [0.2, 0.25) is 10.0 Å². The van der Waals surface area contributed by atoms with Gasteiger partial charge in [-0.25, -0.2) is 13.1 Å². The molecule has 7 nitrogen and oxygen atoms in total. The van der Waals surface area contributed by atoms with Crippen LogP contribution in [0.15, 0.2) is 20.9 Å². The molecular formula is C17H24N4O3S2. The van der Waals surface area contributed by atoms with Crippen molar-refractivity contribution in [1.29, 1.82) is 0 Å².